The molecular weight excluding hydrogens is 342 g/mol. The Morgan fingerprint density at radius 1 is 1.12 bits per heavy atom. The van der Waals surface area contributed by atoms with Gasteiger partial charge >= 0.3 is 0 Å². The molecule has 1 aromatic heterocycles. The van der Waals surface area contributed by atoms with Crippen molar-refractivity contribution in [2.24, 2.45) is 0 Å². The fraction of sp³-hybridized carbons (Fsp3) is 0.412. The highest BCUT2D eigenvalue weighted by atomic mass is 32.2. The largest absolute Gasteiger partial charge is 0.493 e. The number of anilines is 1. The monoisotopic (exact) mass is 363 g/mol. The second-order valence-corrected chi connectivity index (χ2v) is 7.17. The van der Waals surface area contributed by atoms with Gasteiger partial charge in [0.2, 0.25) is 11.7 Å². The molecular formula is C17H21N3O4S. The summed E-state index contributed by atoms with van der Waals surface area (Å²) < 4.78 is 16.3. The topological polar surface area (TPSA) is 85.5 Å². The SMILES string of the molecule is COc1cc([C@H]2S[C@@H](C)C(=O)Nc3n[nH]c(C)c32)cc(OC)c1OC. The number of carbonyl (C=O) groups is 1. The molecule has 0 bridgehead atoms. The number of thioether (sulfide) groups is 1. The predicted molar refractivity (Wildman–Crippen MR) is 96.9 cm³/mol. The van der Waals surface area contributed by atoms with Gasteiger partial charge in [0.1, 0.15) is 0 Å². The normalized spacial score (nSPS) is 19.6. The lowest BCUT2D eigenvalue weighted by atomic mass is 10.0. The van der Waals surface area contributed by atoms with Crippen molar-refractivity contribution in [2.75, 3.05) is 26.6 Å². The number of nitrogens with one attached hydrogen (secondary N) is 2. The average molecular weight is 363 g/mol. The number of aryl methyl sites for hydroxylation is 1. The van der Waals surface area contributed by atoms with Crippen LogP contribution in [0.2, 0.25) is 0 Å². The number of ether oxygens (including phenoxy) is 3. The molecule has 1 aromatic carbocycles. The van der Waals surface area contributed by atoms with Crippen LogP contribution in [0.25, 0.3) is 0 Å². The van der Waals surface area contributed by atoms with Crippen molar-refractivity contribution >= 4 is 23.5 Å². The first-order valence-corrected chi connectivity index (χ1v) is 8.75. The zero-order valence-corrected chi connectivity index (χ0v) is 15.6. The lowest BCUT2D eigenvalue weighted by Crippen LogP contribution is -2.21. The molecule has 1 aliphatic heterocycles. The van der Waals surface area contributed by atoms with E-state index in [4.69, 9.17) is 14.2 Å². The average Bonchev–Trinajstić information content (AvgIpc) is 2.91. The van der Waals surface area contributed by atoms with Crippen LogP contribution in [0.4, 0.5) is 5.82 Å². The maximum Gasteiger partial charge on any atom is 0.238 e. The number of amides is 1. The molecule has 25 heavy (non-hydrogen) atoms. The maximum atomic E-state index is 12.3. The third-order valence-electron chi connectivity index (χ3n) is 4.20. The fourth-order valence-electron chi connectivity index (χ4n) is 2.90. The summed E-state index contributed by atoms with van der Waals surface area (Å²) in [7, 11) is 4.75. The first kappa shape index (κ1) is 17.5. The predicted octanol–water partition coefficient (Wildman–Crippen LogP) is 2.91. The van der Waals surface area contributed by atoms with Crippen LogP contribution in [0, 0.1) is 6.92 Å². The summed E-state index contributed by atoms with van der Waals surface area (Å²) in [6, 6.07) is 3.83. The Labute approximate surface area is 150 Å². The van der Waals surface area contributed by atoms with Crippen molar-refractivity contribution < 1.29 is 19.0 Å². The van der Waals surface area contributed by atoms with Gasteiger partial charge in [-0.2, -0.15) is 5.10 Å². The first-order chi connectivity index (χ1) is 12.0. The van der Waals surface area contributed by atoms with Gasteiger partial charge in [-0.15, -0.1) is 11.8 Å². The van der Waals surface area contributed by atoms with Crippen molar-refractivity contribution in [3.05, 3.63) is 29.0 Å². The van der Waals surface area contributed by atoms with Crippen LogP contribution >= 0.6 is 11.8 Å². The molecule has 8 heteroatoms. The molecule has 2 atom stereocenters. The molecule has 134 valence electrons. The molecule has 2 heterocycles. The van der Waals surface area contributed by atoms with Crippen molar-refractivity contribution in [1.82, 2.24) is 10.2 Å². The van der Waals surface area contributed by atoms with E-state index < -0.39 is 0 Å². The number of nitrogens with zero attached hydrogens (tertiary/aromatic N) is 1. The standard InChI is InChI=1S/C17H21N3O4S/c1-8-13-15(25-9(2)17(21)18-16(13)20-19-8)10-6-11(22-3)14(24-5)12(7-10)23-4/h6-7,9,15H,1-5H3,(H2,18,19,20,21)/t9-,15+/m0/s1. The Hall–Kier alpha value is -2.35. The highest BCUT2D eigenvalue weighted by Gasteiger charge is 2.33. The van der Waals surface area contributed by atoms with Gasteiger partial charge in [-0.3, -0.25) is 9.89 Å². The summed E-state index contributed by atoms with van der Waals surface area (Å²) in [6.45, 7) is 3.83. The highest BCUT2D eigenvalue weighted by Crippen LogP contribution is 2.48. The minimum atomic E-state index is -0.224. The molecule has 0 radical (unpaired) electrons. The summed E-state index contributed by atoms with van der Waals surface area (Å²) in [5.41, 5.74) is 2.82. The van der Waals surface area contributed by atoms with Crippen molar-refractivity contribution in [3.63, 3.8) is 0 Å². The quantitative estimate of drug-likeness (QED) is 0.869. The van der Waals surface area contributed by atoms with Gasteiger partial charge in [-0.25, -0.2) is 0 Å². The Morgan fingerprint density at radius 3 is 2.32 bits per heavy atom. The van der Waals surface area contributed by atoms with Crippen LogP contribution in [0.3, 0.4) is 0 Å². The molecule has 1 aliphatic rings. The summed E-state index contributed by atoms with van der Waals surface area (Å²) in [4.78, 5) is 12.3. The van der Waals surface area contributed by atoms with Gasteiger partial charge in [-0.1, -0.05) is 0 Å². The van der Waals surface area contributed by atoms with Crippen LogP contribution in [-0.2, 0) is 4.79 Å². The molecule has 2 aromatic rings. The van der Waals surface area contributed by atoms with Gasteiger partial charge in [0.25, 0.3) is 0 Å². The van der Waals surface area contributed by atoms with Gasteiger partial charge in [-0.05, 0) is 31.5 Å². The number of aromatic amines is 1. The molecule has 0 fully saturated rings. The zero-order chi connectivity index (χ0) is 18.1. The van der Waals surface area contributed by atoms with E-state index in [0.29, 0.717) is 23.1 Å². The van der Waals surface area contributed by atoms with Crippen LogP contribution in [0.15, 0.2) is 12.1 Å². The van der Waals surface area contributed by atoms with E-state index in [2.05, 4.69) is 15.5 Å². The number of hydrogen-bond acceptors (Lipinski definition) is 6. The summed E-state index contributed by atoms with van der Waals surface area (Å²) in [6.07, 6.45) is 0. The Kier molecular flexibility index (Phi) is 4.80. The minimum absolute atomic E-state index is 0.0623. The summed E-state index contributed by atoms with van der Waals surface area (Å²) in [5.74, 6) is 2.21. The van der Waals surface area contributed by atoms with Crippen molar-refractivity contribution in [2.45, 2.75) is 24.3 Å². The van der Waals surface area contributed by atoms with E-state index in [1.165, 1.54) is 0 Å². The Morgan fingerprint density at radius 2 is 1.76 bits per heavy atom. The number of aromatic nitrogens is 2. The molecule has 7 nitrogen and oxygen atoms in total. The first-order valence-electron chi connectivity index (χ1n) is 7.81. The molecule has 2 N–H and O–H groups in total. The lowest BCUT2D eigenvalue weighted by Gasteiger charge is -2.20. The third-order valence-corrected chi connectivity index (χ3v) is 5.60. The van der Waals surface area contributed by atoms with Crippen molar-refractivity contribution in [1.29, 1.82) is 0 Å². The number of benzene rings is 1. The Bertz CT molecular complexity index is 780. The molecule has 0 unspecified atom stereocenters. The number of methoxy groups -OCH3 is 3. The second-order valence-electron chi connectivity index (χ2n) is 5.72. The maximum absolute atomic E-state index is 12.3. The lowest BCUT2D eigenvalue weighted by molar-refractivity contribution is -0.115. The molecule has 0 spiro atoms. The van der Waals surface area contributed by atoms with E-state index in [1.807, 2.05) is 26.0 Å². The van der Waals surface area contributed by atoms with Crippen LogP contribution in [0.1, 0.15) is 29.0 Å². The smallest absolute Gasteiger partial charge is 0.238 e. The van der Waals surface area contributed by atoms with E-state index in [1.54, 1.807) is 33.1 Å². The number of hydrogen-bond donors (Lipinski definition) is 2. The zero-order valence-electron chi connectivity index (χ0n) is 14.8. The molecule has 1 amide bonds. The van der Waals surface area contributed by atoms with Crippen LogP contribution < -0.4 is 19.5 Å². The van der Waals surface area contributed by atoms with E-state index in [9.17, 15) is 4.79 Å². The van der Waals surface area contributed by atoms with Gasteiger partial charge in [0.15, 0.2) is 17.3 Å². The van der Waals surface area contributed by atoms with E-state index in [-0.39, 0.29) is 16.4 Å². The Balaban J connectivity index is 2.17. The minimum Gasteiger partial charge on any atom is -0.493 e. The number of H-pyrrole nitrogens is 1. The number of rotatable bonds is 4. The number of carbonyl (C=O) groups excluding carboxylic acids is 1. The molecule has 0 saturated heterocycles. The highest BCUT2D eigenvalue weighted by molar-refractivity contribution is 8.01. The van der Waals surface area contributed by atoms with Crippen molar-refractivity contribution in [3.8, 4) is 17.2 Å². The third kappa shape index (κ3) is 3.02. The van der Waals surface area contributed by atoms with E-state index in [0.717, 1.165) is 16.8 Å². The van der Waals surface area contributed by atoms with Gasteiger partial charge in [0.05, 0.1) is 31.8 Å². The molecule has 3 rings (SSSR count). The molecule has 0 aliphatic carbocycles. The second kappa shape index (κ2) is 6.87. The van der Waals surface area contributed by atoms with Gasteiger partial charge in [0, 0.05) is 11.3 Å². The van der Waals surface area contributed by atoms with E-state index >= 15 is 0 Å². The molecule has 0 saturated carbocycles. The van der Waals surface area contributed by atoms with Crippen LogP contribution in [0.5, 0.6) is 17.2 Å². The fourth-order valence-corrected chi connectivity index (χ4v) is 4.21. The van der Waals surface area contributed by atoms with Crippen LogP contribution in [-0.4, -0.2) is 42.7 Å². The summed E-state index contributed by atoms with van der Waals surface area (Å²) in [5, 5.41) is 9.75. The summed E-state index contributed by atoms with van der Waals surface area (Å²) >= 11 is 1.56. The van der Waals surface area contributed by atoms with Gasteiger partial charge < -0.3 is 19.5 Å². The number of fused-ring (bicyclic) bond motifs is 1.